The predicted octanol–water partition coefficient (Wildman–Crippen LogP) is 3.46. The number of amides is 2. The molecule has 1 aliphatic heterocycles. The molecule has 2 rings (SSSR count). The van der Waals surface area contributed by atoms with Gasteiger partial charge in [-0.05, 0) is 31.9 Å². The number of nitrogens with zero attached hydrogens (tertiary/aromatic N) is 2. The van der Waals surface area contributed by atoms with Crippen molar-refractivity contribution in [2.75, 3.05) is 18.5 Å². The summed E-state index contributed by atoms with van der Waals surface area (Å²) in [6, 6.07) is 9.64. The van der Waals surface area contributed by atoms with Gasteiger partial charge < -0.3 is 4.90 Å². The van der Waals surface area contributed by atoms with Gasteiger partial charge in [0.1, 0.15) is 4.32 Å². The zero-order valence-corrected chi connectivity index (χ0v) is 15.2. The molecule has 1 heterocycles. The highest BCUT2D eigenvalue weighted by molar-refractivity contribution is 8.24. The van der Waals surface area contributed by atoms with E-state index in [-0.39, 0.29) is 17.1 Å². The molecule has 1 unspecified atom stereocenters. The largest absolute Gasteiger partial charge is 0.316 e. The molecule has 1 aliphatic rings. The van der Waals surface area contributed by atoms with Crippen molar-refractivity contribution in [1.29, 1.82) is 0 Å². The van der Waals surface area contributed by atoms with Crippen LogP contribution in [0.5, 0.6) is 0 Å². The van der Waals surface area contributed by atoms with E-state index in [1.54, 1.807) is 16.8 Å². The van der Waals surface area contributed by atoms with Gasteiger partial charge in [0, 0.05) is 25.7 Å². The quantitative estimate of drug-likeness (QED) is 0.558. The van der Waals surface area contributed by atoms with E-state index >= 15 is 0 Å². The van der Waals surface area contributed by atoms with Crippen molar-refractivity contribution in [3.05, 3.63) is 30.3 Å². The summed E-state index contributed by atoms with van der Waals surface area (Å²) in [5.74, 6) is 0.230. The van der Waals surface area contributed by atoms with Crippen LogP contribution in [0.1, 0.15) is 32.6 Å². The van der Waals surface area contributed by atoms with Crippen LogP contribution in [0.25, 0.3) is 0 Å². The van der Waals surface area contributed by atoms with Crippen molar-refractivity contribution in [3.63, 3.8) is 0 Å². The lowest BCUT2D eigenvalue weighted by molar-refractivity contribution is -0.126. The van der Waals surface area contributed by atoms with Crippen molar-refractivity contribution in [2.24, 2.45) is 0 Å². The molecule has 2 amide bonds. The molecule has 0 N–H and O–H groups in total. The summed E-state index contributed by atoms with van der Waals surface area (Å²) >= 11 is 6.66. The standard InChI is InChI=1S/C17H22N2O2S2/c1-13-16(21)19(17(22)23-13)12-8-4-7-11-15(20)18(2)14-9-5-3-6-10-14/h3,5-6,9-10,13H,4,7-8,11-12H2,1-2H3. The summed E-state index contributed by atoms with van der Waals surface area (Å²) in [5, 5.41) is -0.0522. The average molecular weight is 351 g/mol. The second kappa shape index (κ2) is 8.45. The molecule has 0 aliphatic carbocycles. The molecular formula is C17H22N2O2S2. The van der Waals surface area contributed by atoms with Crippen LogP contribution < -0.4 is 4.90 Å². The van der Waals surface area contributed by atoms with Crippen LogP contribution in [-0.4, -0.2) is 39.9 Å². The number of hydrogen-bond acceptors (Lipinski definition) is 4. The fourth-order valence-corrected chi connectivity index (χ4v) is 3.92. The van der Waals surface area contributed by atoms with Crippen molar-refractivity contribution in [1.82, 2.24) is 4.90 Å². The highest BCUT2D eigenvalue weighted by atomic mass is 32.2. The van der Waals surface area contributed by atoms with Gasteiger partial charge in [0.25, 0.3) is 0 Å². The zero-order valence-electron chi connectivity index (χ0n) is 13.5. The van der Waals surface area contributed by atoms with Crippen molar-refractivity contribution in [3.8, 4) is 0 Å². The molecule has 0 bridgehead atoms. The number of unbranched alkanes of at least 4 members (excludes halogenated alkanes) is 2. The van der Waals surface area contributed by atoms with E-state index in [2.05, 4.69) is 0 Å². The van der Waals surface area contributed by atoms with E-state index in [1.165, 1.54) is 11.8 Å². The second-order valence-electron chi connectivity index (χ2n) is 5.61. The highest BCUT2D eigenvalue weighted by Gasteiger charge is 2.32. The van der Waals surface area contributed by atoms with Crippen molar-refractivity contribution >= 4 is 45.8 Å². The van der Waals surface area contributed by atoms with Crippen LogP contribution in [0.3, 0.4) is 0 Å². The van der Waals surface area contributed by atoms with Gasteiger partial charge in [0.2, 0.25) is 11.8 Å². The summed E-state index contributed by atoms with van der Waals surface area (Å²) in [7, 11) is 1.80. The summed E-state index contributed by atoms with van der Waals surface area (Å²) in [6.45, 7) is 2.55. The van der Waals surface area contributed by atoms with Gasteiger partial charge >= 0.3 is 0 Å². The second-order valence-corrected chi connectivity index (χ2v) is 7.59. The van der Waals surface area contributed by atoms with E-state index in [4.69, 9.17) is 12.2 Å². The van der Waals surface area contributed by atoms with Gasteiger partial charge in [-0.25, -0.2) is 0 Å². The molecule has 0 saturated carbocycles. The molecule has 0 spiro atoms. The third-order valence-electron chi connectivity index (χ3n) is 3.90. The number of thiocarbonyl (C=S) groups is 1. The predicted molar refractivity (Wildman–Crippen MR) is 99.7 cm³/mol. The van der Waals surface area contributed by atoms with Crippen LogP contribution in [0, 0.1) is 0 Å². The van der Waals surface area contributed by atoms with Crippen LogP contribution in [0.2, 0.25) is 0 Å². The first kappa shape index (κ1) is 17.9. The molecule has 1 fully saturated rings. The van der Waals surface area contributed by atoms with Gasteiger partial charge in [-0.15, -0.1) is 0 Å². The fourth-order valence-electron chi connectivity index (χ4n) is 2.46. The average Bonchev–Trinajstić information content (AvgIpc) is 2.80. The van der Waals surface area contributed by atoms with Gasteiger partial charge in [-0.1, -0.05) is 48.6 Å². The number of carbonyl (C=O) groups is 2. The normalized spacial score (nSPS) is 17.7. The molecule has 1 atom stereocenters. The van der Waals surface area contributed by atoms with Gasteiger partial charge in [-0.3, -0.25) is 14.5 Å². The summed E-state index contributed by atoms with van der Waals surface area (Å²) < 4.78 is 0.683. The van der Waals surface area contributed by atoms with E-state index in [0.29, 0.717) is 17.3 Å². The first-order chi connectivity index (χ1) is 11.0. The third kappa shape index (κ3) is 4.78. The number of anilines is 1. The SMILES string of the molecule is CC1SC(=S)N(CCCCCC(=O)N(C)c2ccccc2)C1=O. The Morgan fingerprint density at radius 2 is 1.96 bits per heavy atom. The fraction of sp³-hybridized carbons (Fsp3) is 0.471. The first-order valence-electron chi connectivity index (χ1n) is 7.84. The molecule has 4 nitrogen and oxygen atoms in total. The van der Waals surface area contributed by atoms with Crippen LogP contribution in [0.15, 0.2) is 30.3 Å². The Kier molecular flexibility index (Phi) is 6.59. The lowest BCUT2D eigenvalue weighted by atomic mass is 10.1. The Hall–Kier alpha value is -1.40. The summed E-state index contributed by atoms with van der Waals surface area (Å²) in [4.78, 5) is 27.4. The molecule has 23 heavy (non-hydrogen) atoms. The Labute approximate surface area is 147 Å². The third-order valence-corrected chi connectivity index (χ3v) is 5.39. The van der Waals surface area contributed by atoms with E-state index < -0.39 is 0 Å². The van der Waals surface area contributed by atoms with E-state index in [0.717, 1.165) is 24.9 Å². The molecule has 1 aromatic carbocycles. The minimum atomic E-state index is -0.0522. The van der Waals surface area contributed by atoms with Gasteiger partial charge in [0.15, 0.2) is 0 Å². The molecule has 0 aromatic heterocycles. The highest BCUT2D eigenvalue weighted by Crippen LogP contribution is 2.27. The minimum Gasteiger partial charge on any atom is -0.316 e. The first-order valence-corrected chi connectivity index (χ1v) is 9.13. The maximum Gasteiger partial charge on any atom is 0.241 e. The van der Waals surface area contributed by atoms with Crippen LogP contribution in [0.4, 0.5) is 5.69 Å². The Morgan fingerprint density at radius 3 is 2.57 bits per heavy atom. The Bertz CT molecular complexity index is 577. The lowest BCUT2D eigenvalue weighted by Gasteiger charge is -2.17. The number of thioether (sulfide) groups is 1. The number of carbonyl (C=O) groups excluding carboxylic acids is 2. The number of para-hydroxylation sites is 1. The summed E-state index contributed by atoms with van der Waals surface area (Å²) in [6.07, 6.45) is 3.14. The maximum atomic E-state index is 12.1. The number of rotatable bonds is 7. The van der Waals surface area contributed by atoms with Gasteiger partial charge in [0.05, 0.1) is 5.25 Å². The smallest absolute Gasteiger partial charge is 0.241 e. The molecular weight excluding hydrogens is 328 g/mol. The Morgan fingerprint density at radius 1 is 1.26 bits per heavy atom. The topological polar surface area (TPSA) is 40.6 Å². The van der Waals surface area contributed by atoms with E-state index in [9.17, 15) is 9.59 Å². The van der Waals surface area contributed by atoms with Crippen molar-refractivity contribution < 1.29 is 9.59 Å². The molecule has 1 aromatic rings. The van der Waals surface area contributed by atoms with Crippen LogP contribution in [-0.2, 0) is 9.59 Å². The molecule has 1 saturated heterocycles. The molecule has 6 heteroatoms. The number of hydrogen-bond donors (Lipinski definition) is 0. The maximum absolute atomic E-state index is 12.1. The minimum absolute atomic E-state index is 0.0522. The lowest BCUT2D eigenvalue weighted by Crippen LogP contribution is -2.31. The van der Waals surface area contributed by atoms with E-state index in [1.807, 2.05) is 37.3 Å². The molecule has 124 valence electrons. The zero-order chi connectivity index (χ0) is 16.8. The monoisotopic (exact) mass is 350 g/mol. The van der Waals surface area contributed by atoms with Crippen molar-refractivity contribution in [2.45, 2.75) is 37.9 Å². The molecule has 0 radical (unpaired) electrons. The van der Waals surface area contributed by atoms with Crippen LogP contribution >= 0.6 is 24.0 Å². The summed E-state index contributed by atoms with van der Waals surface area (Å²) in [5.41, 5.74) is 0.913. The Balaban J connectivity index is 1.67. The van der Waals surface area contributed by atoms with Gasteiger partial charge in [-0.2, -0.15) is 0 Å². The number of benzene rings is 1.